The Balaban J connectivity index is 1.41. The minimum atomic E-state index is -4.59. The Labute approximate surface area is 225 Å². The number of rotatable bonds is 6. The van der Waals surface area contributed by atoms with Gasteiger partial charge >= 0.3 is 12.4 Å². The van der Waals surface area contributed by atoms with Crippen LogP contribution < -0.4 is 10.6 Å². The molecule has 3 atom stereocenters. The van der Waals surface area contributed by atoms with Crippen LogP contribution in [-0.2, 0) is 6.18 Å². The number of nitrogens with zero attached hydrogens (tertiary/aromatic N) is 2. The van der Waals surface area contributed by atoms with E-state index in [1.54, 1.807) is 60.7 Å². The van der Waals surface area contributed by atoms with Crippen LogP contribution in [0.1, 0.15) is 57.0 Å². The second-order valence-corrected chi connectivity index (χ2v) is 9.55. The maximum absolute atomic E-state index is 14.0. The van der Waals surface area contributed by atoms with E-state index in [1.165, 1.54) is 12.1 Å². The van der Waals surface area contributed by atoms with Gasteiger partial charge in [0.2, 0.25) is 0 Å². The van der Waals surface area contributed by atoms with Crippen LogP contribution in [0.15, 0.2) is 91.1 Å². The zero-order chi connectivity index (χ0) is 28.5. The zero-order valence-electron chi connectivity index (χ0n) is 20.9. The molecule has 0 saturated carbocycles. The highest BCUT2D eigenvalue weighted by Crippen LogP contribution is 2.44. The van der Waals surface area contributed by atoms with E-state index >= 15 is 0 Å². The Hall–Kier alpha value is -4.28. The summed E-state index contributed by atoms with van der Waals surface area (Å²) >= 11 is 0. The molecule has 1 aliphatic rings. The van der Waals surface area contributed by atoms with Gasteiger partial charge < -0.3 is 10.6 Å². The molecule has 0 saturated heterocycles. The van der Waals surface area contributed by atoms with Gasteiger partial charge in [-0.3, -0.25) is 4.79 Å². The normalized spacial score (nSPS) is 17.9. The predicted molar refractivity (Wildman–Crippen MR) is 137 cm³/mol. The van der Waals surface area contributed by atoms with Crippen LogP contribution in [-0.4, -0.2) is 28.4 Å². The largest absolute Gasteiger partial charge is 0.416 e. The van der Waals surface area contributed by atoms with Gasteiger partial charge in [0, 0.05) is 18.9 Å². The molecule has 2 heterocycles. The van der Waals surface area contributed by atoms with Gasteiger partial charge in [0.15, 0.2) is 6.04 Å². The van der Waals surface area contributed by atoms with E-state index in [9.17, 15) is 31.1 Å². The summed E-state index contributed by atoms with van der Waals surface area (Å²) in [4.78, 5) is 13.3. The fourth-order valence-corrected chi connectivity index (χ4v) is 4.94. The first kappa shape index (κ1) is 27.3. The monoisotopic (exact) mass is 558 g/mol. The molecule has 1 amide bonds. The predicted octanol–water partition coefficient (Wildman–Crippen LogP) is 7.12. The quantitative estimate of drug-likeness (QED) is 0.248. The highest BCUT2D eigenvalue weighted by Gasteiger charge is 2.47. The first-order valence-corrected chi connectivity index (χ1v) is 12.5. The van der Waals surface area contributed by atoms with Crippen molar-refractivity contribution in [3.05, 3.63) is 119 Å². The van der Waals surface area contributed by atoms with Crippen LogP contribution in [0.5, 0.6) is 0 Å². The molecule has 0 aliphatic carbocycles. The van der Waals surface area contributed by atoms with E-state index < -0.39 is 41.8 Å². The molecule has 4 aromatic rings. The third-order valence-corrected chi connectivity index (χ3v) is 6.99. The molecule has 3 unspecified atom stereocenters. The number of nitrogens with one attached hydrogen (secondary N) is 2. The van der Waals surface area contributed by atoms with E-state index in [2.05, 4.69) is 15.7 Å². The number of anilines is 1. The summed E-state index contributed by atoms with van der Waals surface area (Å²) < 4.78 is 82.0. The lowest BCUT2D eigenvalue weighted by molar-refractivity contribution is -0.173. The van der Waals surface area contributed by atoms with Gasteiger partial charge in [0.25, 0.3) is 5.91 Å². The van der Waals surface area contributed by atoms with Crippen molar-refractivity contribution in [1.82, 2.24) is 15.1 Å². The van der Waals surface area contributed by atoms with Crippen molar-refractivity contribution >= 4 is 11.7 Å². The molecule has 3 aromatic carbocycles. The average Bonchev–Trinajstić information content (AvgIpc) is 3.37. The van der Waals surface area contributed by atoms with Crippen LogP contribution in [0, 0.1) is 0 Å². The van der Waals surface area contributed by atoms with Gasteiger partial charge in [-0.2, -0.15) is 31.4 Å². The van der Waals surface area contributed by atoms with Crippen molar-refractivity contribution in [2.45, 2.75) is 36.8 Å². The number of carbonyl (C=O) groups is 1. The minimum absolute atomic E-state index is 0.0103. The molecule has 0 radical (unpaired) electrons. The molecule has 0 spiro atoms. The second kappa shape index (κ2) is 10.7. The van der Waals surface area contributed by atoms with Crippen LogP contribution in [0.25, 0.3) is 0 Å². The topological polar surface area (TPSA) is 59.0 Å². The lowest BCUT2D eigenvalue weighted by Gasteiger charge is -2.34. The fourth-order valence-electron chi connectivity index (χ4n) is 4.94. The number of halogens is 6. The standard InChI is InChI=1S/C29H24F6N4O/c30-28(31,32)21-13-11-19(12-14-21)22(18-7-3-1-4-8-18)16-36-27(40)23-17-37-39-25(29(33,34)35)15-24(38-26(23)39)20-9-5-2-6-10-20/h1-14,17,22,24-25,38H,15-16H2,(H,36,40). The molecule has 208 valence electrons. The van der Waals surface area contributed by atoms with Gasteiger partial charge in [-0.05, 0) is 28.8 Å². The molecule has 5 rings (SSSR count). The Bertz CT molecular complexity index is 1450. The highest BCUT2D eigenvalue weighted by molar-refractivity contribution is 5.99. The molecule has 1 aliphatic heterocycles. The summed E-state index contributed by atoms with van der Waals surface area (Å²) in [5.74, 6) is -1.21. The first-order valence-electron chi connectivity index (χ1n) is 12.5. The van der Waals surface area contributed by atoms with Crippen molar-refractivity contribution in [2.75, 3.05) is 11.9 Å². The van der Waals surface area contributed by atoms with Crippen LogP contribution in [0.4, 0.5) is 32.2 Å². The summed E-state index contributed by atoms with van der Waals surface area (Å²) in [7, 11) is 0. The van der Waals surface area contributed by atoms with Crippen molar-refractivity contribution in [3.63, 3.8) is 0 Å². The van der Waals surface area contributed by atoms with Crippen molar-refractivity contribution in [1.29, 1.82) is 0 Å². The molecule has 2 N–H and O–H groups in total. The third-order valence-electron chi connectivity index (χ3n) is 6.99. The van der Waals surface area contributed by atoms with Gasteiger partial charge in [-0.1, -0.05) is 72.8 Å². The Morgan fingerprint density at radius 1 is 0.900 bits per heavy atom. The molecule has 40 heavy (non-hydrogen) atoms. The van der Waals surface area contributed by atoms with Crippen molar-refractivity contribution in [2.24, 2.45) is 0 Å². The number of aromatic nitrogens is 2. The summed E-state index contributed by atoms with van der Waals surface area (Å²) in [5.41, 5.74) is 1.07. The summed E-state index contributed by atoms with van der Waals surface area (Å²) in [6.45, 7) is -0.0103. The lowest BCUT2D eigenvalue weighted by Crippen LogP contribution is -2.36. The van der Waals surface area contributed by atoms with E-state index in [0.717, 1.165) is 28.6 Å². The number of alkyl halides is 6. The number of carbonyl (C=O) groups excluding carboxylic acids is 1. The zero-order valence-corrected chi connectivity index (χ0v) is 20.9. The summed E-state index contributed by atoms with van der Waals surface area (Å²) in [5, 5.41) is 9.70. The smallest absolute Gasteiger partial charge is 0.363 e. The van der Waals surface area contributed by atoms with Gasteiger partial charge in [0.1, 0.15) is 11.4 Å². The van der Waals surface area contributed by atoms with E-state index in [4.69, 9.17) is 0 Å². The summed E-state index contributed by atoms with van der Waals surface area (Å²) in [6.07, 6.45) is -8.28. The van der Waals surface area contributed by atoms with Gasteiger partial charge in [-0.25, -0.2) is 4.68 Å². The van der Waals surface area contributed by atoms with E-state index in [-0.39, 0.29) is 24.3 Å². The van der Waals surface area contributed by atoms with E-state index in [1.807, 2.05) is 0 Å². The van der Waals surface area contributed by atoms with Crippen LogP contribution >= 0.6 is 0 Å². The Morgan fingerprint density at radius 3 is 2.10 bits per heavy atom. The van der Waals surface area contributed by atoms with Crippen LogP contribution in [0.3, 0.4) is 0 Å². The number of hydrogen-bond acceptors (Lipinski definition) is 3. The Morgan fingerprint density at radius 2 is 1.50 bits per heavy atom. The molecule has 11 heteroatoms. The molecular formula is C29H24F6N4O. The van der Waals surface area contributed by atoms with Gasteiger partial charge in [0.05, 0.1) is 17.8 Å². The molecule has 0 bridgehead atoms. The first-order chi connectivity index (χ1) is 19.0. The van der Waals surface area contributed by atoms with E-state index in [0.29, 0.717) is 11.1 Å². The third kappa shape index (κ3) is 5.68. The second-order valence-electron chi connectivity index (χ2n) is 9.55. The average molecular weight is 559 g/mol. The minimum Gasteiger partial charge on any atom is -0.363 e. The fraction of sp³-hybridized carbons (Fsp3) is 0.241. The number of fused-ring (bicyclic) bond motifs is 1. The SMILES string of the molecule is O=C(NCC(c1ccccc1)c1ccc(C(F)(F)F)cc1)c1cnn2c1NC(c1ccccc1)CC2C(F)(F)F. The molecule has 1 aromatic heterocycles. The Kier molecular flexibility index (Phi) is 7.31. The lowest BCUT2D eigenvalue weighted by atomic mass is 9.90. The maximum Gasteiger partial charge on any atom is 0.416 e. The number of hydrogen-bond donors (Lipinski definition) is 2. The molecule has 5 nitrogen and oxygen atoms in total. The van der Waals surface area contributed by atoms with Crippen molar-refractivity contribution < 1.29 is 31.1 Å². The highest BCUT2D eigenvalue weighted by atomic mass is 19.4. The van der Waals surface area contributed by atoms with Gasteiger partial charge in [-0.15, -0.1) is 0 Å². The maximum atomic E-state index is 14.0. The van der Waals surface area contributed by atoms with Crippen LogP contribution in [0.2, 0.25) is 0 Å². The molecular weight excluding hydrogens is 534 g/mol. The van der Waals surface area contributed by atoms with Crippen molar-refractivity contribution in [3.8, 4) is 0 Å². The molecule has 0 fully saturated rings. The number of amides is 1. The number of benzene rings is 3. The summed E-state index contributed by atoms with van der Waals surface area (Å²) in [6, 6.07) is 19.6.